The molecular formula is C18H24FNO. The molecule has 1 unspecified atom stereocenters. The zero-order valence-corrected chi connectivity index (χ0v) is 12.9. The molecule has 1 N–H and O–H groups in total. The number of hydrogen-bond acceptors (Lipinski definition) is 2. The topological polar surface area (TPSA) is 25.2 Å². The van der Waals surface area contributed by atoms with E-state index in [4.69, 9.17) is 4.42 Å². The van der Waals surface area contributed by atoms with Crippen molar-refractivity contribution in [1.82, 2.24) is 5.32 Å². The normalized spacial score (nSPS) is 12.5. The second-order valence-corrected chi connectivity index (χ2v) is 5.55. The van der Waals surface area contributed by atoms with Crippen LogP contribution in [-0.4, -0.2) is 6.04 Å². The van der Waals surface area contributed by atoms with E-state index in [1.54, 1.807) is 12.1 Å². The maximum atomic E-state index is 12.9. The fourth-order valence-electron chi connectivity index (χ4n) is 2.32. The van der Waals surface area contributed by atoms with Crippen molar-refractivity contribution in [3.05, 3.63) is 48.0 Å². The highest BCUT2D eigenvalue weighted by molar-refractivity contribution is 5.57. The average molecular weight is 289 g/mol. The van der Waals surface area contributed by atoms with Gasteiger partial charge in [0.15, 0.2) is 0 Å². The van der Waals surface area contributed by atoms with Gasteiger partial charge in [-0.1, -0.05) is 26.2 Å². The van der Waals surface area contributed by atoms with E-state index in [1.807, 2.05) is 12.1 Å². The molecule has 0 fully saturated rings. The molecule has 2 rings (SSSR count). The first kappa shape index (κ1) is 15.8. The molecular weight excluding hydrogens is 265 g/mol. The largest absolute Gasteiger partial charge is 0.460 e. The third-order valence-electron chi connectivity index (χ3n) is 3.66. The van der Waals surface area contributed by atoms with E-state index in [2.05, 4.69) is 19.2 Å². The predicted octanol–water partition coefficient (Wildman–Crippen LogP) is 5.14. The van der Waals surface area contributed by atoms with E-state index in [0.717, 1.165) is 23.6 Å². The molecule has 1 aromatic heterocycles. The number of furan rings is 1. The molecule has 3 heteroatoms. The van der Waals surface area contributed by atoms with Crippen molar-refractivity contribution in [2.75, 3.05) is 0 Å². The zero-order chi connectivity index (χ0) is 15.1. The van der Waals surface area contributed by atoms with Gasteiger partial charge in [0.05, 0.1) is 6.54 Å². The lowest BCUT2D eigenvalue weighted by molar-refractivity contribution is 0.439. The summed E-state index contributed by atoms with van der Waals surface area (Å²) in [6.07, 6.45) is 5.01. The Hall–Kier alpha value is -1.61. The van der Waals surface area contributed by atoms with Gasteiger partial charge in [0.25, 0.3) is 0 Å². The highest BCUT2D eigenvalue weighted by Crippen LogP contribution is 2.22. The highest BCUT2D eigenvalue weighted by atomic mass is 19.1. The van der Waals surface area contributed by atoms with Gasteiger partial charge in [-0.3, -0.25) is 0 Å². The molecule has 1 atom stereocenters. The second kappa shape index (κ2) is 7.99. The number of halogens is 1. The van der Waals surface area contributed by atoms with Crippen molar-refractivity contribution in [2.24, 2.45) is 0 Å². The van der Waals surface area contributed by atoms with Crippen molar-refractivity contribution < 1.29 is 8.81 Å². The van der Waals surface area contributed by atoms with Gasteiger partial charge < -0.3 is 9.73 Å². The molecule has 0 spiro atoms. The van der Waals surface area contributed by atoms with Crippen molar-refractivity contribution in [1.29, 1.82) is 0 Å². The minimum Gasteiger partial charge on any atom is -0.460 e. The number of hydrogen-bond donors (Lipinski definition) is 1. The molecule has 0 amide bonds. The minimum atomic E-state index is -0.229. The van der Waals surface area contributed by atoms with Gasteiger partial charge in [-0.15, -0.1) is 0 Å². The third-order valence-corrected chi connectivity index (χ3v) is 3.66. The average Bonchev–Trinajstić information content (AvgIpc) is 2.95. The lowest BCUT2D eigenvalue weighted by Crippen LogP contribution is -2.25. The maximum Gasteiger partial charge on any atom is 0.134 e. The Kier molecular flexibility index (Phi) is 6.00. The molecule has 0 aliphatic heterocycles. The lowest BCUT2D eigenvalue weighted by Gasteiger charge is -2.12. The molecule has 0 aliphatic carbocycles. The quantitative estimate of drug-likeness (QED) is 0.680. The Bertz CT molecular complexity index is 532. The Morgan fingerprint density at radius 3 is 2.57 bits per heavy atom. The molecule has 1 aromatic carbocycles. The first-order chi connectivity index (χ1) is 10.2. The Labute approximate surface area is 126 Å². The SMILES string of the molecule is CCCCCC(C)NCc1ccc(-c2ccc(F)cc2)o1. The van der Waals surface area contributed by atoms with Gasteiger partial charge in [-0.25, -0.2) is 4.39 Å². The van der Waals surface area contributed by atoms with Crippen LogP contribution in [0.5, 0.6) is 0 Å². The highest BCUT2D eigenvalue weighted by Gasteiger charge is 2.07. The summed E-state index contributed by atoms with van der Waals surface area (Å²) in [7, 11) is 0. The molecule has 0 aliphatic rings. The third kappa shape index (κ3) is 5.01. The van der Waals surface area contributed by atoms with Crippen LogP contribution in [0.25, 0.3) is 11.3 Å². The molecule has 2 nitrogen and oxygen atoms in total. The standard InChI is InChI=1S/C18H24FNO/c1-3-4-5-6-14(2)20-13-17-11-12-18(21-17)15-7-9-16(19)10-8-15/h7-12,14,20H,3-6,13H2,1-2H3. The first-order valence-corrected chi connectivity index (χ1v) is 7.77. The smallest absolute Gasteiger partial charge is 0.134 e. The van der Waals surface area contributed by atoms with Crippen LogP contribution in [0, 0.1) is 5.82 Å². The summed E-state index contributed by atoms with van der Waals surface area (Å²) >= 11 is 0. The minimum absolute atomic E-state index is 0.229. The molecule has 0 bridgehead atoms. The van der Waals surface area contributed by atoms with E-state index in [1.165, 1.54) is 37.8 Å². The molecule has 0 radical (unpaired) electrons. The summed E-state index contributed by atoms with van der Waals surface area (Å²) < 4.78 is 18.7. The van der Waals surface area contributed by atoms with Crippen LogP contribution in [0.15, 0.2) is 40.8 Å². The van der Waals surface area contributed by atoms with Crippen LogP contribution < -0.4 is 5.32 Å². The number of benzene rings is 1. The van der Waals surface area contributed by atoms with Gasteiger partial charge in [0.1, 0.15) is 17.3 Å². The summed E-state index contributed by atoms with van der Waals surface area (Å²) in [5, 5.41) is 3.48. The van der Waals surface area contributed by atoms with Crippen LogP contribution in [0.1, 0.15) is 45.3 Å². The monoisotopic (exact) mass is 289 g/mol. The summed E-state index contributed by atoms with van der Waals surface area (Å²) in [5.74, 6) is 1.47. The van der Waals surface area contributed by atoms with Gasteiger partial charge in [0.2, 0.25) is 0 Å². The fourth-order valence-corrected chi connectivity index (χ4v) is 2.32. The van der Waals surface area contributed by atoms with Crippen molar-refractivity contribution in [3.63, 3.8) is 0 Å². The van der Waals surface area contributed by atoms with Gasteiger partial charge in [-0.05, 0) is 49.7 Å². The number of nitrogens with one attached hydrogen (secondary N) is 1. The van der Waals surface area contributed by atoms with Crippen molar-refractivity contribution in [3.8, 4) is 11.3 Å². The van der Waals surface area contributed by atoms with E-state index >= 15 is 0 Å². The van der Waals surface area contributed by atoms with Gasteiger partial charge in [-0.2, -0.15) is 0 Å². The van der Waals surface area contributed by atoms with E-state index in [9.17, 15) is 4.39 Å². The van der Waals surface area contributed by atoms with E-state index in [-0.39, 0.29) is 5.82 Å². The lowest BCUT2D eigenvalue weighted by atomic mass is 10.1. The molecule has 114 valence electrons. The zero-order valence-electron chi connectivity index (χ0n) is 12.9. The number of rotatable bonds is 8. The summed E-state index contributed by atoms with van der Waals surface area (Å²) in [6, 6.07) is 10.8. The Morgan fingerprint density at radius 2 is 1.86 bits per heavy atom. The molecule has 2 aromatic rings. The Balaban J connectivity index is 1.84. The van der Waals surface area contributed by atoms with Crippen molar-refractivity contribution >= 4 is 0 Å². The summed E-state index contributed by atoms with van der Waals surface area (Å²) in [4.78, 5) is 0. The van der Waals surface area contributed by atoms with Gasteiger partial charge in [0, 0.05) is 11.6 Å². The van der Waals surface area contributed by atoms with Crippen LogP contribution in [0.2, 0.25) is 0 Å². The van der Waals surface area contributed by atoms with Crippen molar-refractivity contribution in [2.45, 2.75) is 52.1 Å². The van der Waals surface area contributed by atoms with Gasteiger partial charge >= 0.3 is 0 Å². The molecule has 21 heavy (non-hydrogen) atoms. The van der Waals surface area contributed by atoms with Crippen LogP contribution >= 0.6 is 0 Å². The maximum absolute atomic E-state index is 12.9. The second-order valence-electron chi connectivity index (χ2n) is 5.55. The molecule has 0 saturated carbocycles. The number of unbranched alkanes of at least 4 members (excludes halogenated alkanes) is 2. The molecule has 0 saturated heterocycles. The van der Waals surface area contributed by atoms with E-state index in [0.29, 0.717) is 6.04 Å². The summed E-state index contributed by atoms with van der Waals surface area (Å²) in [6.45, 7) is 5.16. The van der Waals surface area contributed by atoms with E-state index < -0.39 is 0 Å². The van der Waals surface area contributed by atoms with Crippen LogP contribution in [-0.2, 0) is 6.54 Å². The Morgan fingerprint density at radius 1 is 1.10 bits per heavy atom. The van der Waals surface area contributed by atoms with Crippen LogP contribution in [0.3, 0.4) is 0 Å². The first-order valence-electron chi connectivity index (χ1n) is 7.77. The molecule has 1 heterocycles. The van der Waals surface area contributed by atoms with Crippen LogP contribution in [0.4, 0.5) is 4.39 Å². The summed E-state index contributed by atoms with van der Waals surface area (Å²) in [5.41, 5.74) is 0.902. The predicted molar refractivity (Wildman–Crippen MR) is 84.5 cm³/mol. The fraction of sp³-hybridized carbons (Fsp3) is 0.444.